The van der Waals surface area contributed by atoms with E-state index in [1.54, 1.807) is 4.90 Å². The number of amidine groups is 1. The molecule has 1 amide bonds. The molecule has 1 aromatic carbocycles. The Bertz CT molecular complexity index is 543. The summed E-state index contributed by atoms with van der Waals surface area (Å²) in [6, 6.07) is 2.95. The molecule has 1 rings (SSSR count). The smallest absolute Gasteiger partial charge is 0.254 e. The van der Waals surface area contributed by atoms with Crippen molar-refractivity contribution >= 4 is 29.0 Å². The normalized spacial score (nSPS) is 11.3. The van der Waals surface area contributed by atoms with Crippen molar-refractivity contribution in [1.29, 1.82) is 0 Å². The van der Waals surface area contributed by atoms with Gasteiger partial charge in [0, 0.05) is 18.7 Å². The number of carbonyl (C=O) groups excluding carboxylic acids is 1. The van der Waals surface area contributed by atoms with Crippen LogP contribution in [0.25, 0.3) is 0 Å². The van der Waals surface area contributed by atoms with Gasteiger partial charge in [-0.15, -0.1) is 11.6 Å². The first-order valence-electron chi connectivity index (χ1n) is 6.57. The maximum Gasteiger partial charge on any atom is 0.254 e. The third-order valence-corrected chi connectivity index (χ3v) is 3.25. The average molecular weight is 314 g/mol. The third-order valence-electron chi connectivity index (χ3n) is 2.97. The molecule has 0 atom stereocenters. The van der Waals surface area contributed by atoms with Crippen LogP contribution in [0.1, 0.15) is 24.2 Å². The number of amides is 1. The van der Waals surface area contributed by atoms with E-state index in [1.807, 2.05) is 13.8 Å². The summed E-state index contributed by atoms with van der Waals surface area (Å²) in [5, 5.41) is 10.0. The predicted molar refractivity (Wildman–Crippen MR) is 83.9 cm³/mol. The Balaban J connectivity index is 3.35. The highest BCUT2D eigenvalue weighted by Crippen LogP contribution is 2.37. The number of benzene rings is 1. The summed E-state index contributed by atoms with van der Waals surface area (Å²) < 4.78 is 5.07. The highest BCUT2D eigenvalue weighted by Gasteiger charge is 2.18. The number of nitrogens with two attached hydrogens (primary N) is 1. The zero-order chi connectivity index (χ0) is 16.0. The maximum absolute atomic E-state index is 12.4. The van der Waals surface area contributed by atoms with Crippen molar-refractivity contribution in [2.75, 3.05) is 26.1 Å². The van der Waals surface area contributed by atoms with Gasteiger partial charge < -0.3 is 20.5 Å². The predicted octanol–water partition coefficient (Wildman–Crippen LogP) is 2.11. The zero-order valence-corrected chi connectivity index (χ0v) is 13.1. The maximum atomic E-state index is 12.4. The van der Waals surface area contributed by atoms with Crippen LogP contribution >= 0.6 is 11.6 Å². The SMILES string of the molecule is CCN(CC)C(=O)c1cc(N=C(N)CCl)c(O)c(OC)c1. The molecule has 6 nitrogen and oxygen atoms in total. The summed E-state index contributed by atoms with van der Waals surface area (Å²) >= 11 is 5.58. The van der Waals surface area contributed by atoms with E-state index >= 15 is 0 Å². The molecule has 1 aromatic rings. The lowest BCUT2D eigenvalue weighted by molar-refractivity contribution is 0.0772. The Morgan fingerprint density at radius 3 is 2.52 bits per heavy atom. The second-order valence-corrected chi connectivity index (χ2v) is 4.53. The number of hydrogen-bond acceptors (Lipinski definition) is 4. The summed E-state index contributed by atoms with van der Waals surface area (Å²) in [4.78, 5) is 18.0. The van der Waals surface area contributed by atoms with Crippen molar-refractivity contribution in [1.82, 2.24) is 4.90 Å². The first-order valence-corrected chi connectivity index (χ1v) is 7.11. The molecule has 0 aliphatic carbocycles. The van der Waals surface area contributed by atoms with Crippen molar-refractivity contribution in [3.63, 3.8) is 0 Å². The van der Waals surface area contributed by atoms with Gasteiger partial charge in [0.05, 0.1) is 13.0 Å². The number of methoxy groups -OCH3 is 1. The highest BCUT2D eigenvalue weighted by molar-refractivity contribution is 6.28. The fraction of sp³-hybridized carbons (Fsp3) is 0.429. The molecular formula is C14H20ClN3O3. The van der Waals surface area contributed by atoms with Gasteiger partial charge in [-0.05, 0) is 26.0 Å². The second kappa shape index (κ2) is 7.73. The van der Waals surface area contributed by atoms with Gasteiger partial charge >= 0.3 is 0 Å². The number of halogens is 1. The van der Waals surface area contributed by atoms with Gasteiger partial charge in [-0.2, -0.15) is 0 Å². The van der Waals surface area contributed by atoms with Crippen LogP contribution < -0.4 is 10.5 Å². The topological polar surface area (TPSA) is 88.2 Å². The van der Waals surface area contributed by atoms with Crippen molar-refractivity contribution in [3.8, 4) is 11.5 Å². The Morgan fingerprint density at radius 1 is 1.43 bits per heavy atom. The van der Waals surface area contributed by atoms with Crippen molar-refractivity contribution < 1.29 is 14.6 Å². The van der Waals surface area contributed by atoms with Crippen LogP contribution in [0.2, 0.25) is 0 Å². The van der Waals surface area contributed by atoms with Crippen molar-refractivity contribution in [3.05, 3.63) is 17.7 Å². The van der Waals surface area contributed by atoms with E-state index in [-0.39, 0.29) is 34.8 Å². The molecule has 21 heavy (non-hydrogen) atoms. The van der Waals surface area contributed by atoms with Gasteiger partial charge in [-0.1, -0.05) is 0 Å². The van der Waals surface area contributed by atoms with Gasteiger partial charge in [-0.3, -0.25) is 4.79 Å². The molecule has 0 saturated carbocycles. The number of phenols is 1. The number of aliphatic imine (C=N–C) groups is 1. The molecule has 0 heterocycles. The molecule has 0 bridgehead atoms. The van der Waals surface area contributed by atoms with E-state index in [9.17, 15) is 9.90 Å². The number of nitrogens with zero attached hydrogens (tertiary/aromatic N) is 2. The largest absolute Gasteiger partial charge is 0.503 e. The van der Waals surface area contributed by atoms with Gasteiger partial charge in [0.1, 0.15) is 11.5 Å². The Labute approximate surface area is 129 Å². The average Bonchev–Trinajstić information content (AvgIpc) is 2.50. The van der Waals surface area contributed by atoms with Crippen LogP contribution in [0.15, 0.2) is 17.1 Å². The van der Waals surface area contributed by atoms with E-state index in [0.717, 1.165) is 0 Å². The highest BCUT2D eigenvalue weighted by atomic mass is 35.5. The molecule has 0 aliphatic heterocycles. The summed E-state index contributed by atoms with van der Waals surface area (Å²) in [5.74, 6) is -0.0212. The Hall–Kier alpha value is -1.95. The number of rotatable bonds is 6. The van der Waals surface area contributed by atoms with Crippen LogP contribution in [-0.4, -0.2) is 47.8 Å². The van der Waals surface area contributed by atoms with Gasteiger partial charge in [0.2, 0.25) is 0 Å². The van der Waals surface area contributed by atoms with E-state index in [1.165, 1.54) is 19.2 Å². The number of hydrogen-bond donors (Lipinski definition) is 2. The molecule has 0 fully saturated rings. The molecular weight excluding hydrogens is 294 g/mol. The Morgan fingerprint density at radius 2 is 2.05 bits per heavy atom. The minimum absolute atomic E-state index is 0.0238. The summed E-state index contributed by atoms with van der Waals surface area (Å²) in [5.41, 5.74) is 6.10. The Kier molecular flexibility index (Phi) is 6.30. The first-order chi connectivity index (χ1) is 9.98. The summed E-state index contributed by atoms with van der Waals surface area (Å²) in [6.45, 7) is 4.95. The monoisotopic (exact) mass is 313 g/mol. The number of carbonyl (C=O) groups is 1. The molecule has 3 N–H and O–H groups in total. The number of aromatic hydroxyl groups is 1. The molecule has 0 aliphatic rings. The first kappa shape index (κ1) is 17.1. The van der Waals surface area contributed by atoms with Crippen LogP contribution in [-0.2, 0) is 0 Å². The fourth-order valence-electron chi connectivity index (χ4n) is 1.84. The summed E-state index contributed by atoms with van der Waals surface area (Å²) in [6.07, 6.45) is 0. The zero-order valence-electron chi connectivity index (χ0n) is 12.4. The second-order valence-electron chi connectivity index (χ2n) is 4.26. The van der Waals surface area contributed by atoms with Crippen LogP contribution in [0.5, 0.6) is 11.5 Å². The molecule has 0 radical (unpaired) electrons. The quantitative estimate of drug-likeness (QED) is 0.478. The van der Waals surface area contributed by atoms with Crippen molar-refractivity contribution in [2.24, 2.45) is 10.7 Å². The van der Waals surface area contributed by atoms with E-state index in [0.29, 0.717) is 18.7 Å². The molecule has 7 heteroatoms. The van der Waals surface area contributed by atoms with Gasteiger partial charge in [-0.25, -0.2) is 4.99 Å². The van der Waals surface area contributed by atoms with E-state index in [4.69, 9.17) is 22.1 Å². The number of ether oxygens (including phenoxy) is 1. The number of phenolic OH excluding ortho intramolecular Hbond substituents is 1. The minimum Gasteiger partial charge on any atom is -0.503 e. The molecule has 0 spiro atoms. The summed E-state index contributed by atoms with van der Waals surface area (Å²) in [7, 11) is 1.40. The van der Waals surface area contributed by atoms with Gasteiger partial charge in [0.25, 0.3) is 5.91 Å². The van der Waals surface area contributed by atoms with Gasteiger partial charge in [0.15, 0.2) is 11.5 Å². The lowest BCUT2D eigenvalue weighted by Gasteiger charge is -2.19. The number of alkyl halides is 1. The molecule has 0 aromatic heterocycles. The fourth-order valence-corrected chi connectivity index (χ4v) is 1.90. The lowest BCUT2D eigenvalue weighted by Crippen LogP contribution is -2.30. The van der Waals surface area contributed by atoms with Crippen molar-refractivity contribution in [2.45, 2.75) is 13.8 Å². The van der Waals surface area contributed by atoms with E-state index < -0.39 is 0 Å². The standard InChI is InChI=1S/C14H20ClN3O3/c1-4-18(5-2)14(20)9-6-10(17-12(16)8-15)13(19)11(7-9)21-3/h6-7,19H,4-5,8H2,1-3H3,(H2,16,17). The van der Waals surface area contributed by atoms with Crippen LogP contribution in [0, 0.1) is 0 Å². The van der Waals surface area contributed by atoms with Crippen LogP contribution in [0.4, 0.5) is 5.69 Å². The molecule has 0 unspecified atom stereocenters. The molecule has 116 valence electrons. The third kappa shape index (κ3) is 4.01. The minimum atomic E-state index is -0.179. The molecule has 0 saturated heterocycles. The lowest BCUT2D eigenvalue weighted by atomic mass is 10.1. The van der Waals surface area contributed by atoms with Crippen LogP contribution in [0.3, 0.4) is 0 Å². The van der Waals surface area contributed by atoms with E-state index in [2.05, 4.69) is 4.99 Å².